The third-order valence-corrected chi connectivity index (χ3v) is 6.66. The predicted molar refractivity (Wildman–Crippen MR) is 92.3 cm³/mol. The van der Waals surface area contributed by atoms with Crippen molar-refractivity contribution in [3.05, 3.63) is 36.2 Å². The summed E-state index contributed by atoms with van der Waals surface area (Å²) in [5.74, 6) is 2.48. The van der Waals surface area contributed by atoms with Crippen LogP contribution in [0, 0.1) is 5.92 Å². The molecule has 0 saturated heterocycles. The maximum absolute atomic E-state index is 13.2. The van der Waals surface area contributed by atoms with Gasteiger partial charge in [-0.1, -0.05) is 13.8 Å². The van der Waals surface area contributed by atoms with E-state index in [1.165, 1.54) is 6.20 Å². The van der Waals surface area contributed by atoms with Crippen LogP contribution >= 0.6 is 0 Å². The van der Waals surface area contributed by atoms with Crippen molar-refractivity contribution in [1.29, 1.82) is 0 Å². The third-order valence-electron chi connectivity index (χ3n) is 4.77. The van der Waals surface area contributed by atoms with Gasteiger partial charge < -0.3 is 0 Å². The fraction of sp³-hybridized carbons (Fsp3) is 0.588. The summed E-state index contributed by atoms with van der Waals surface area (Å²) in [4.78, 5) is 8.94. The lowest BCUT2D eigenvalue weighted by atomic mass is 10.0. The molecule has 1 aliphatic carbocycles. The van der Waals surface area contributed by atoms with E-state index < -0.39 is 10.0 Å². The Morgan fingerprint density at radius 1 is 1.28 bits per heavy atom. The van der Waals surface area contributed by atoms with Crippen LogP contribution < -0.4 is 0 Å². The van der Waals surface area contributed by atoms with E-state index in [1.54, 1.807) is 22.6 Å². The van der Waals surface area contributed by atoms with E-state index in [9.17, 15) is 8.42 Å². The molecule has 134 valence electrons. The normalized spacial score (nSPS) is 21.5. The monoisotopic (exact) mass is 361 g/mol. The van der Waals surface area contributed by atoms with Crippen molar-refractivity contribution < 1.29 is 8.42 Å². The molecule has 25 heavy (non-hydrogen) atoms. The number of hydrogen-bond acceptors (Lipinski definition) is 5. The molecule has 0 amide bonds. The Hall–Kier alpha value is -1.80. The summed E-state index contributed by atoms with van der Waals surface area (Å²) in [6, 6.07) is 2.98. The molecule has 0 unspecified atom stereocenters. The lowest BCUT2D eigenvalue weighted by Crippen LogP contribution is -2.43. The summed E-state index contributed by atoms with van der Waals surface area (Å²) < 4.78 is 29.8. The number of fused-ring (bicyclic) bond motifs is 1. The van der Waals surface area contributed by atoms with Crippen LogP contribution in [0.3, 0.4) is 0 Å². The molecule has 0 spiro atoms. The lowest BCUT2D eigenvalue weighted by Gasteiger charge is -2.34. The second-order valence-electron chi connectivity index (χ2n) is 7.28. The van der Waals surface area contributed by atoms with Gasteiger partial charge in [-0.25, -0.2) is 18.1 Å². The van der Waals surface area contributed by atoms with Crippen LogP contribution in [-0.2, 0) is 16.6 Å². The van der Waals surface area contributed by atoms with Crippen molar-refractivity contribution in [2.75, 3.05) is 6.54 Å². The first kappa shape index (κ1) is 16.7. The first-order valence-electron chi connectivity index (χ1n) is 8.83. The van der Waals surface area contributed by atoms with Crippen LogP contribution in [0.25, 0.3) is 0 Å². The molecule has 4 rings (SSSR count). The number of hydrogen-bond donors (Lipinski definition) is 0. The van der Waals surface area contributed by atoms with Crippen LogP contribution in [0.5, 0.6) is 0 Å². The number of rotatable bonds is 5. The second kappa shape index (κ2) is 6.17. The minimum atomic E-state index is -3.61. The predicted octanol–water partition coefficient (Wildman–Crippen LogP) is 2.34. The summed E-state index contributed by atoms with van der Waals surface area (Å²) in [5, 5.41) is 4.63. The van der Waals surface area contributed by atoms with Crippen molar-refractivity contribution in [2.24, 2.45) is 5.92 Å². The van der Waals surface area contributed by atoms with E-state index >= 15 is 0 Å². The fourth-order valence-electron chi connectivity index (χ4n) is 3.37. The summed E-state index contributed by atoms with van der Waals surface area (Å²) in [6.07, 6.45) is 5.99. The zero-order valence-electron chi connectivity index (χ0n) is 14.5. The van der Waals surface area contributed by atoms with Gasteiger partial charge in [-0.05, 0) is 37.3 Å². The van der Waals surface area contributed by atoms with Crippen molar-refractivity contribution in [2.45, 2.75) is 56.5 Å². The SMILES string of the molecule is CC(C)C[C@H]1c2nc(C3CC3)nn2CCN1S(=O)(=O)c1cccnc1. The molecule has 3 heterocycles. The van der Waals surface area contributed by atoms with Crippen LogP contribution in [0.15, 0.2) is 29.4 Å². The van der Waals surface area contributed by atoms with Crippen LogP contribution in [0.1, 0.15) is 56.7 Å². The maximum Gasteiger partial charge on any atom is 0.245 e. The molecule has 0 bridgehead atoms. The molecule has 7 nitrogen and oxygen atoms in total. The molecule has 1 aliphatic heterocycles. The highest BCUT2D eigenvalue weighted by atomic mass is 32.2. The summed E-state index contributed by atoms with van der Waals surface area (Å²) in [7, 11) is -3.61. The highest BCUT2D eigenvalue weighted by Crippen LogP contribution is 2.40. The topological polar surface area (TPSA) is 81.0 Å². The molecule has 2 aliphatic rings. The number of nitrogens with zero attached hydrogens (tertiary/aromatic N) is 5. The van der Waals surface area contributed by atoms with Crippen molar-refractivity contribution in [3.8, 4) is 0 Å². The lowest BCUT2D eigenvalue weighted by molar-refractivity contribution is 0.222. The van der Waals surface area contributed by atoms with Gasteiger partial charge in [-0.3, -0.25) is 4.98 Å². The molecule has 1 saturated carbocycles. The van der Waals surface area contributed by atoms with Gasteiger partial charge in [0.25, 0.3) is 0 Å². The van der Waals surface area contributed by atoms with Gasteiger partial charge in [0, 0.05) is 24.9 Å². The van der Waals surface area contributed by atoms with Crippen LogP contribution in [-0.4, -0.2) is 39.0 Å². The van der Waals surface area contributed by atoms with Gasteiger partial charge in [0.05, 0.1) is 12.6 Å². The van der Waals surface area contributed by atoms with Gasteiger partial charge in [-0.15, -0.1) is 0 Å². The number of aromatic nitrogens is 4. The van der Waals surface area contributed by atoms with E-state index in [2.05, 4.69) is 23.9 Å². The number of sulfonamides is 1. The highest BCUT2D eigenvalue weighted by Gasteiger charge is 2.40. The van der Waals surface area contributed by atoms with Gasteiger partial charge >= 0.3 is 0 Å². The quantitative estimate of drug-likeness (QED) is 0.816. The van der Waals surface area contributed by atoms with Crippen molar-refractivity contribution >= 4 is 10.0 Å². The van der Waals surface area contributed by atoms with E-state index in [1.807, 2.05) is 4.68 Å². The molecule has 0 N–H and O–H groups in total. The van der Waals surface area contributed by atoms with Gasteiger partial charge in [0.15, 0.2) is 5.82 Å². The van der Waals surface area contributed by atoms with Crippen LogP contribution in [0.2, 0.25) is 0 Å². The maximum atomic E-state index is 13.2. The van der Waals surface area contributed by atoms with Gasteiger partial charge in [-0.2, -0.15) is 9.40 Å². The molecule has 0 aromatic carbocycles. The first-order valence-corrected chi connectivity index (χ1v) is 10.3. The Bertz CT molecular complexity index is 858. The van der Waals surface area contributed by atoms with E-state index in [4.69, 9.17) is 4.98 Å². The smallest absolute Gasteiger partial charge is 0.245 e. The van der Waals surface area contributed by atoms with Gasteiger partial charge in [0.1, 0.15) is 10.7 Å². The van der Waals surface area contributed by atoms with Gasteiger partial charge in [0.2, 0.25) is 10.0 Å². The Morgan fingerprint density at radius 2 is 2.08 bits per heavy atom. The summed E-state index contributed by atoms with van der Waals surface area (Å²) in [5.41, 5.74) is 0. The highest BCUT2D eigenvalue weighted by molar-refractivity contribution is 7.89. The average molecular weight is 361 g/mol. The second-order valence-corrected chi connectivity index (χ2v) is 9.17. The van der Waals surface area contributed by atoms with E-state index in [0.717, 1.165) is 30.9 Å². The molecule has 1 fully saturated rings. The standard InChI is InChI=1S/C17H23N5O2S/c1-12(2)10-15-17-19-16(13-5-6-13)20-21(17)8-9-22(15)25(23,24)14-4-3-7-18-11-14/h3-4,7,11-13,15H,5-6,8-10H2,1-2H3/t15-/m0/s1. The molecular weight excluding hydrogens is 338 g/mol. The molecule has 0 radical (unpaired) electrons. The first-order chi connectivity index (χ1) is 12.0. The van der Waals surface area contributed by atoms with Crippen molar-refractivity contribution in [3.63, 3.8) is 0 Å². The zero-order valence-corrected chi connectivity index (χ0v) is 15.4. The number of pyridine rings is 1. The molecule has 2 aromatic heterocycles. The Kier molecular flexibility index (Phi) is 4.11. The summed E-state index contributed by atoms with van der Waals surface area (Å²) in [6.45, 7) is 5.16. The molecule has 1 atom stereocenters. The average Bonchev–Trinajstić information content (AvgIpc) is 3.34. The third kappa shape index (κ3) is 3.08. The molecule has 2 aromatic rings. The largest absolute Gasteiger partial charge is 0.263 e. The molecule has 8 heteroatoms. The van der Waals surface area contributed by atoms with Crippen molar-refractivity contribution in [1.82, 2.24) is 24.1 Å². The Labute approximate surface area is 148 Å². The minimum Gasteiger partial charge on any atom is -0.263 e. The fourth-order valence-corrected chi connectivity index (χ4v) is 4.92. The minimum absolute atomic E-state index is 0.235. The van der Waals surface area contributed by atoms with E-state index in [-0.39, 0.29) is 10.9 Å². The zero-order chi connectivity index (χ0) is 17.6. The Morgan fingerprint density at radius 3 is 2.72 bits per heavy atom. The van der Waals surface area contributed by atoms with Crippen LogP contribution in [0.4, 0.5) is 0 Å². The summed E-state index contributed by atoms with van der Waals surface area (Å²) >= 11 is 0. The molecular formula is C17H23N5O2S. The Balaban J connectivity index is 1.74. The van der Waals surface area contributed by atoms with E-state index in [0.29, 0.717) is 24.9 Å².